The summed E-state index contributed by atoms with van der Waals surface area (Å²) in [6, 6.07) is 0. The van der Waals surface area contributed by atoms with E-state index in [0.29, 0.717) is 22.8 Å². The highest BCUT2D eigenvalue weighted by atomic mass is 16.1. The van der Waals surface area contributed by atoms with Crippen molar-refractivity contribution in [2.24, 2.45) is 9.98 Å². The zero-order valence-electron chi connectivity index (χ0n) is 15.0. The van der Waals surface area contributed by atoms with Gasteiger partial charge in [0, 0.05) is 25.2 Å². The van der Waals surface area contributed by atoms with Crippen LogP contribution in [0.2, 0.25) is 0 Å². The molecule has 0 amide bonds. The number of carbonyl (C=O) groups excluding carboxylic acids is 1. The van der Waals surface area contributed by atoms with E-state index in [1.54, 1.807) is 12.2 Å². The molecular weight excluding hydrogens is 298 g/mol. The van der Waals surface area contributed by atoms with Crippen molar-refractivity contribution in [2.45, 2.75) is 20.8 Å². The molecule has 1 aliphatic heterocycles. The number of aliphatic imine (C=N–C) groups is 2. The Labute approximate surface area is 143 Å². The fourth-order valence-corrected chi connectivity index (χ4v) is 2.77. The number of Topliss-reactive ketones (excluding diaryl/α,β-unsaturated/α-hetero) is 1. The first-order chi connectivity index (χ1) is 11.4. The summed E-state index contributed by atoms with van der Waals surface area (Å²) in [5, 5.41) is 0. The third-order valence-electron chi connectivity index (χ3n) is 3.89. The quantitative estimate of drug-likeness (QED) is 0.586. The Morgan fingerprint density at radius 2 is 1.75 bits per heavy atom. The molecule has 0 unspecified atom stereocenters. The second kappa shape index (κ2) is 6.79. The molecule has 1 aliphatic carbocycles. The lowest BCUT2D eigenvalue weighted by molar-refractivity contribution is -0.111. The Balaban J connectivity index is 2.88. The average molecular weight is 321 g/mol. The van der Waals surface area contributed by atoms with Crippen molar-refractivity contribution in [3.63, 3.8) is 0 Å². The number of carbonyl (C=O) groups is 1. The van der Waals surface area contributed by atoms with Crippen LogP contribution in [0, 0.1) is 0 Å². The van der Waals surface area contributed by atoms with Crippen LogP contribution in [0.4, 0.5) is 0 Å². The monoisotopic (exact) mass is 321 g/mol. The van der Waals surface area contributed by atoms with Gasteiger partial charge < -0.3 is 4.90 Å². The van der Waals surface area contributed by atoms with Crippen LogP contribution >= 0.6 is 0 Å². The molecule has 0 bridgehead atoms. The van der Waals surface area contributed by atoms with Gasteiger partial charge in [-0.25, -0.2) is 9.98 Å². The zero-order valence-corrected chi connectivity index (χ0v) is 15.0. The maximum Gasteiger partial charge on any atom is 0.226 e. The predicted octanol–water partition coefficient (Wildman–Crippen LogP) is 3.78. The van der Waals surface area contributed by atoms with Crippen LogP contribution in [-0.4, -0.2) is 36.4 Å². The average Bonchev–Trinajstić information content (AvgIpc) is 2.96. The van der Waals surface area contributed by atoms with Gasteiger partial charge in [-0.1, -0.05) is 43.0 Å². The summed E-state index contributed by atoms with van der Waals surface area (Å²) < 4.78 is 0. The van der Waals surface area contributed by atoms with Gasteiger partial charge in [-0.15, -0.1) is 0 Å². The summed E-state index contributed by atoms with van der Waals surface area (Å²) in [4.78, 5) is 24.2. The molecule has 1 heterocycles. The van der Waals surface area contributed by atoms with Gasteiger partial charge in [0.1, 0.15) is 11.4 Å². The fraction of sp³-hybridized carbons (Fsp3) is 0.250. The van der Waals surface area contributed by atoms with Gasteiger partial charge in [-0.2, -0.15) is 0 Å². The maximum atomic E-state index is 13.1. The van der Waals surface area contributed by atoms with Gasteiger partial charge in [0.2, 0.25) is 5.96 Å². The molecule has 0 saturated carbocycles. The Morgan fingerprint density at radius 1 is 1.12 bits per heavy atom. The fourth-order valence-electron chi connectivity index (χ4n) is 2.77. The van der Waals surface area contributed by atoms with Gasteiger partial charge in [-0.3, -0.25) is 4.79 Å². The largest absolute Gasteiger partial charge is 0.347 e. The second-order valence-electron chi connectivity index (χ2n) is 5.82. The van der Waals surface area contributed by atoms with E-state index in [-0.39, 0.29) is 5.78 Å². The highest BCUT2D eigenvalue weighted by Gasteiger charge is 2.37. The first-order valence-electron chi connectivity index (χ1n) is 7.83. The molecule has 2 aliphatic rings. The minimum Gasteiger partial charge on any atom is -0.347 e. The predicted molar refractivity (Wildman–Crippen MR) is 101 cm³/mol. The maximum absolute atomic E-state index is 13.1. The van der Waals surface area contributed by atoms with Gasteiger partial charge in [0.25, 0.3) is 0 Å². The third-order valence-corrected chi connectivity index (χ3v) is 3.89. The first kappa shape index (κ1) is 17.6. The summed E-state index contributed by atoms with van der Waals surface area (Å²) in [6.07, 6.45) is 7.20. The molecule has 0 fully saturated rings. The SMILES string of the molecule is C=C/C=C(\C(=C)C)C1=C2N=C(N(C)C)N=C2C(=C/C)/C(=C\C)C1=O. The topological polar surface area (TPSA) is 45.0 Å². The number of ketones is 1. The minimum absolute atomic E-state index is 0.0561. The highest BCUT2D eigenvalue weighted by Crippen LogP contribution is 2.37. The number of guanidine groups is 1. The molecule has 0 aromatic heterocycles. The van der Waals surface area contributed by atoms with E-state index in [1.165, 1.54) is 0 Å². The Bertz CT molecular complexity index is 812. The summed E-state index contributed by atoms with van der Waals surface area (Å²) in [5.41, 5.74) is 4.88. The van der Waals surface area contributed by atoms with Crippen molar-refractivity contribution < 1.29 is 4.79 Å². The molecule has 0 saturated heterocycles. The van der Waals surface area contributed by atoms with Crippen molar-refractivity contribution >= 4 is 17.5 Å². The normalized spacial score (nSPS) is 21.0. The second-order valence-corrected chi connectivity index (χ2v) is 5.82. The molecule has 2 rings (SSSR count). The number of fused-ring (bicyclic) bond motifs is 1. The van der Waals surface area contributed by atoms with Crippen molar-refractivity contribution in [3.05, 3.63) is 71.0 Å². The number of rotatable bonds is 3. The zero-order chi connectivity index (χ0) is 18.0. The number of allylic oxidation sites excluding steroid dienone is 9. The molecule has 4 heteroatoms. The van der Waals surface area contributed by atoms with Crippen molar-refractivity contribution in [2.75, 3.05) is 14.1 Å². The van der Waals surface area contributed by atoms with Gasteiger partial charge in [-0.05, 0) is 26.3 Å². The lowest BCUT2D eigenvalue weighted by atomic mass is 9.80. The van der Waals surface area contributed by atoms with Gasteiger partial charge in [0.15, 0.2) is 5.78 Å². The standard InChI is InChI=1S/C20H23N3O/c1-8-11-15(12(4)5)16-18-17(21-20(22-18)23(6)7)13(9-2)14(10-3)19(16)24/h8-11H,1,4H2,2-3,5-7H3/b13-9+,14-10+,15-11+. The Morgan fingerprint density at radius 3 is 2.21 bits per heavy atom. The van der Waals surface area contributed by atoms with Crippen LogP contribution < -0.4 is 0 Å². The summed E-state index contributed by atoms with van der Waals surface area (Å²) in [5.74, 6) is 0.529. The first-order valence-corrected chi connectivity index (χ1v) is 7.83. The van der Waals surface area contributed by atoms with E-state index in [4.69, 9.17) is 0 Å². The van der Waals surface area contributed by atoms with Gasteiger partial charge in [0.05, 0.1) is 5.57 Å². The van der Waals surface area contributed by atoms with Crippen LogP contribution in [0.5, 0.6) is 0 Å². The summed E-state index contributed by atoms with van der Waals surface area (Å²) in [6.45, 7) is 13.4. The minimum atomic E-state index is -0.0561. The van der Waals surface area contributed by atoms with E-state index in [9.17, 15) is 4.79 Å². The Kier molecular flexibility index (Phi) is 4.98. The van der Waals surface area contributed by atoms with Crippen molar-refractivity contribution in [3.8, 4) is 0 Å². The van der Waals surface area contributed by atoms with E-state index >= 15 is 0 Å². The lowest BCUT2D eigenvalue weighted by Crippen LogP contribution is -2.24. The molecule has 0 spiro atoms. The van der Waals surface area contributed by atoms with Crippen LogP contribution in [0.15, 0.2) is 81.0 Å². The summed E-state index contributed by atoms with van der Waals surface area (Å²) in [7, 11) is 3.76. The molecule has 0 aromatic carbocycles. The lowest BCUT2D eigenvalue weighted by Gasteiger charge is -2.23. The molecule has 0 atom stereocenters. The molecule has 0 N–H and O–H groups in total. The molecule has 124 valence electrons. The molecule has 24 heavy (non-hydrogen) atoms. The number of nitrogens with zero attached hydrogens (tertiary/aromatic N) is 3. The smallest absolute Gasteiger partial charge is 0.226 e. The summed E-state index contributed by atoms with van der Waals surface area (Å²) >= 11 is 0. The van der Waals surface area contributed by atoms with E-state index in [2.05, 4.69) is 23.1 Å². The Hall–Kier alpha value is -2.75. The highest BCUT2D eigenvalue weighted by molar-refractivity contribution is 6.35. The third kappa shape index (κ3) is 2.75. The van der Waals surface area contributed by atoms with E-state index in [1.807, 2.05) is 51.9 Å². The van der Waals surface area contributed by atoms with Gasteiger partial charge >= 0.3 is 0 Å². The van der Waals surface area contributed by atoms with Crippen LogP contribution in [0.1, 0.15) is 20.8 Å². The number of hydrogen-bond donors (Lipinski definition) is 0. The van der Waals surface area contributed by atoms with Crippen LogP contribution in [-0.2, 0) is 4.79 Å². The molecule has 0 radical (unpaired) electrons. The molecule has 4 nitrogen and oxygen atoms in total. The molecule has 0 aromatic rings. The van der Waals surface area contributed by atoms with Crippen molar-refractivity contribution in [1.82, 2.24) is 4.90 Å². The molecular formula is C20H23N3O. The van der Waals surface area contributed by atoms with Crippen LogP contribution in [0.25, 0.3) is 0 Å². The van der Waals surface area contributed by atoms with E-state index in [0.717, 1.165) is 22.4 Å². The van der Waals surface area contributed by atoms with Crippen LogP contribution in [0.3, 0.4) is 0 Å². The van der Waals surface area contributed by atoms with E-state index < -0.39 is 0 Å². The number of hydrogen-bond acceptors (Lipinski definition) is 4. The van der Waals surface area contributed by atoms with Crippen molar-refractivity contribution in [1.29, 1.82) is 0 Å².